The SMILES string of the molecule is COc1cccc(-c2cncc(C(=O)NCc3ccc(C)cc3)c2)c1. The van der Waals surface area contributed by atoms with E-state index in [4.69, 9.17) is 4.74 Å². The molecule has 0 unspecified atom stereocenters. The lowest BCUT2D eigenvalue weighted by molar-refractivity contribution is 0.0950. The van der Waals surface area contributed by atoms with Crippen LogP contribution in [-0.2, 0) is 6.54 Å². The predicted octanol–water partition coefficient (Wildman–Crippen LogP) is 4.00. The van der Waals surface area contributed by atoms with Crippen LogP contribution in [0.15, 0.2) is 67.0 Å². The summed E-state index contributed by atoms with van der Waals surface area (Å²) in [5.74, 6) is 0.629. The second kappa shape index (κ2) is 7.62. The van der Waals surface area contributed by atoms with E-state index in [-0.39, 0.29) is 5.91 Å². The maximum atomic E-state index is 12.4. The molecule has 2 aromatic carbocycles. The van der Waals surface area contributed by atoms with Gasteiger partial charge in [0.25, 0.3) is 5.91 Å². The number of amides is 1. The number of nitrogens with zero attached hydrogens (tertiary/aromatic N) is 1. The molecule has 1 heterocycles. The number of hydrogen-bond acceptors (Lipinski definition) is 3. The maximum absolute atomic E-state index is 12.4. The van der Waals surface area contributed by atoms with Gasteiger partial charge in [-0.3, -0.25) is 9.78 Å². The summed E-state index contributed by atoms with van der Waals surface area (Å²) < 4.78 is 5.25. The van der Waals surface area contributed by atoms with Crippen molar-refractivity contribution in [3.8, 4) is 16.9 Å². The highest BCUT2D eigenvalue weighted by atomic mass is 16.5. The molecule has 1 N–H and O–H groups in total. The van der Waals surface area contributed by atoms with Gasteiger partial charge in [-0.2, -0.15) is 0 Å². The van der Waals surface area contributed by atoms with E-state index >= 15 is 0 Å². The second-order valence-corrected chi connectivity index (χ2v) is 5.86. The summed E-state index contributed by atoms with van der Waals surface area (Å²) in [6.07, 6.45) is 3.32. The smallest absolute Gasteiger partial charge is 0.253 e. The first kappa shape index (κ1) is 16.7. The van der Waals surface area contributed by atoms with Gasteiger partial charge in [0, 0.05) is 24.5 Å². The number of carbonyl (C=O) groups is 1. The van der Waals surface area contributed by atoms with Crippen LogP contribution in [-0.4, -0.2) is 18.0 Å². The molecule has 4 nitrogen and oxygen atoms in total. The van der Waals surface area contributed by atoms with Crippen LogP contribution < -0.4 is 10.1 Å². The molecule has 3 rings (SSSR count). The van der Waals surface area contributed by atoms with Crippen molar-refractivity contribution in [2.45, 2.75) is 13.5 Å². The molecule has 3 aromatic rings. The second-order valence-electron chi connectivity index (χ2n) is 5.86. The summed E-state index contributed by atoms with van der Waals surface area (Å²) >= 11 is 0. The fourth-order valence-electron chi connectivity index (χ4n) is 2.51. The molecule has 1 aromatic heterocycles. The molecule has 0 aliphatic heterocycles. The van der Waals surface area contributed by atoms with Gasteiger partial charge in [0.15, 0.2) is 0 Å². The number of aromatic nitrogens is 1. The number of rotatable bonds is 5. The van der Waals surface area contributed by atoms with E-state index in [1.807, 2.05) is 61.5 Å². The average Bonchev–Trinajstić information content (AvgIpc) is 2.67. The van der Waals surface area contributed by atoms with Crippen LogP contribution in [0.1, 0.15) is 21.5 Å². The van der Waals surface area contributed by atoms with Crippen LogP contribution in [0, 0.1) is 6.92 Å². The van der Waals surface area contributed by atoms with Gasteiger partial charge in [-0.15, -0.1) is 0 Å². The van der Waals surface area contributed by atoms with Crippen molar-refractivity contribution in [2.75, 3.05) is 7.11 Å². The monoisotopic (exact) mass is 332 g/mol. The number of pyridine rings is 1. The molecular weight excluding hydrogens is 312 g/mol. The largest absolute Gasteiger partial charge is 0.497 e. The lowest BCUT2D eigenvalue weighted by atomic mass is 10.1. The number of hydrogen-bond donors (Lipinski definition) is 1. The van der Waals surface area contributed by atoms with Crippen molar-refractivity contribution < 1.29 is 9.53 Å². The highest BCUT2D eigenvalue weighted by molar-refractivity contribution is 5.95. The Labute approximate surface area is 147 Å². The Hall–Kier alpha value is -3.14. The Balaban J connectivity index is 1.74. The zero-order chi connectivity index (χ0) is 17.6. The zero-order valence-corrected chi connectivity index (χ0v) is 14.3. The standard InChI is InChI=1S/C21H20N2O2/c1-15-6-8-16(9-7-15)12-23-21(24)19-10-18(13-22-14-19)17-4-3-5-20(11-17)25-2/h3-11,13-14H,12H2,1-2H3,(H,23,24). The highest BCUT2D eigenvalue weighted by Crippen LogP contribution is 2.23. The minimum Gasteiger partial charge on any atom is -0.497 e. The average molecular weight is 332 g/mol. The number of nitrogens with one attached hydrogen (secondary N) is 1. The molecule has 0 aliphatic rings. The molecule has 1 amide bonds. The molecule has 4 heteroatoms. The normalized spacial score (nSPS) is 10.3. The Kier molecular flexibility index (Phi) is 5.09. The number of carbonyl (C=O) groups excluding carboxylic acids is 1. The van der Waals surface area contributed by atoms with Gasteiger partial charge in [0.2, 0.25) is 0 Å². The fourth-order valence-corrected chi connectivity index (χ4v) is 2.51. The van der Waals surface area contributed by atoms with Gasteiger partial charge in [0.1, 0.15) is 5.75 Å². The molecule has 0 atom stereocenters. The van der Waals surface area contributed by atoms with E-state index in [0.717, 1.165) is 22.4 Å². The molecule has 0 aliphatic carbocycles. The molecule has 0 saturated heterocycles. The summed E-state index contributed by atoms with van der Waals surface area (Å²) in [5.41, 5.74) is 4.63. The first-order valence-electron chi connectivity index (χ1n) is 8.09. The summed E-state index contributed by atoms with van der Waals surface area (Å²) in [5, 5.41) is 2.93. The maximum Gasteiger partial charge on any atom is 0.253 e. The lowest BCUT2D eigenvalue weighted by Crippen LogP contribution is -2.22. The van der Waals surface area contributed by atoms with Gasteiger partial charge in [0.05, 0.1) is 12.7 Å². The van der Waals surface area contributed by atoms with E-state index in [9.17, 15) is 4.79 Å². The number of methoxy groups -OCH3 is 1. The van der Waals surface area contributed by atoms with Crippen molar-refractivity contribution in [1.29, 1.82) is 0 Å². The van der Waals surface area contributed by atoms with E-state index in [0.29, 0.717) is 12.1 Å². The van der Waals surface area contributed by atoms with Crippen molar-refractivity contribution >= 4 is 5.91 Å². The molecule has 0 spiro atoms. The highest BCUT2D eigenvalue weighted by Gasteiger charge is 2.08. The molecule has 0 fully saturated rings. The Morgan fingerprint density at radius 3 is 2.60 bits per heavy atom. The minimum atomic E-state index is -0.141. The third-order valence-corrected chi connectivity index (χ3v) is 3.98. The number of benzene rings is 2. The van der Waals surface area contributed by atoms with Crippen LogP contribution >= 0.6 is 0 Å². The third-order valence-electron chi connectivity index (χ3n) is 3.98. The van der Waals surface area contributed by atoms with E-state index < -0.39 is 0 Å². The number of ether oxygens (including phenoxy) is 1. The number of aryl methyl sites for hydroxylation is 1. The Bertz CT molecular complexity index is 873. The van der Waals surface area contributed by atoms with E-state index in [2.05, 4.69) is 10.3 Å². The fraction of sp³-hybridized carbons (Fsp3) is 0.143. The van der Waals surface area contributed by atoms with Crippen molar-refractivity contribution in [1.82, 2.24) is 10.3 Å². The van der Waals surface area contributed by atoms with E-state index in [1.54, 1.807) is 19.5 Å². The van der Waals surface area contributed by atoms with Gasteiger partial charge in [-0.25, -0.2) is 0 Å². The quantitative estimate of drug-likeness (QED) is 0.768. The first-order chi connectivity index (χ1) is 12.2. The Morgan fingerprint density at radius 2 is 1.84 bits per heavy atom. The van der Waals surface area contributed by atoms with Crippen LogP contribution in [0.2, 0.25) is 0 Å². The summed E-state index contributed by atoms with van der Waals surface area (Å²) in [7, 11) is 1.63. The van der Waals surface area contributed by atoms with Crippen LogP contribution in [0.5, 0.6) is 5.75 Å². The third kappa shape index (κ3) is 4.23. The van der Waals surface area contributed by atoms with Gasteiger partial charge < -0.3 is 10.1 Å². The van der Waals surface area contributed by atoms with Gasteiger partial charge in [-0.1, -0.05) is 42.0 Å². The summed E-state index contributed by atoms with van der Waals surface area (Å²) in [4.78, 5) is 16.6. The minimum absolute atomic E-state index is 0.141. The van der Waals surface area contributed by atoms with Crippen LogP contribution in [0.25, 0.3) is 11.1 Å². The zero-order valence-electron chi connectivity index (χ0n) is 14.3. The Morgan fingerprint density at radius 1 is 1.04 bits per heavy atom. The van der Waals surface area contributed by atoms with Crippen LogP contribution in [0.4, 0.5) is 0 Å². The topological polar surface area (TPSA) is 51.2 Å². The summed E-state index contributed by atoms with van der Waals surface area (Å²) in [6, 6.07) is 17.6. The lowest BCUT2D eigenvalue weighted by Gasteiger charge is -2.08. The molecule has 0 radical (unpaired) electrons. The van der Waals surface area contributed by atoms with E-state index in [1.165, 1.54) is 5.56 Å². The molecule has 25 heavy (non-hydrogen) atoms. The summed E-state index contributed by atoms with van der Waals surface area (Å²) in [6.45, 7) is 2.53. The van der Waals surface area contributed by atoms with Crippen molar-refractivity contribution in [3.63, 3.8) is 0 Å². The molecular formula is C21H20N2O2. The molecule has 126 valence electrons. The first-order valence-corrected chi connectivity index (χ1v) is 8.09. The van der Waals surface area contributed by atoms with Gasteiger partial charge >= 0.3 is 0 Å². The van der Waals surface area contributed by atoms with Crippen molar-refractivity contribution in [3.05, 3.63) is 83.7 Å². The van der Waals surface area contributed by atoms with Gasteiger partial charge in [-0.05, 0) is 36.2 Å². The molecule has 0 bridgehead atoms. The molecule has 0 saturated carbocycles. The predicted molar refractivity (Wildman–Crippen MR) is 98.6 cm³/mol. The van der Waals surface area contributed by atoms with Crippen molar-refractivity contribution in [2.24, 2.45) is 0 Å². The van der Waals surface area contributed by atoms with Crippen LogP contribution in [0.3, 0.4) is 0 Å².